The lowest BCUT2D eigenvalue weighted by Crippen LogP contribution is -2.35. The number of carbonyl (C=O) groups is 1. The Morgan fingerprint density at radius 1 is 1.23 bits per heavy atom. The number of alkyl carbamates (subject to hydrolysis) is 1. The molecule has 0 unspecified atom stereocenters. The first-order valence-corrected chi connectivity index (χ1v) is 8.05. The van der Waals surface area contributed by atoms with Crippen molar-refractivity contribution >= 4 is 17.7 Å². The Bertz CT molecular complexity index is 454. The van der Waals surface area contributed by atoms with Crippen LogP contribution in [-0.2, 0) is 4.74 Å². The molecule has 0 heterocycles. The van der Waals surface area contributed by atoms with Crippen molar-refractivity contribution in [1.82, 2.24) is 5.32 Å². The quantitative estimate of drug-likeness (QED) is 0.727. The molecule has 22 heavy (non-hydrogen) atoms. The van der Waals surface area contributed by atoms with Crippen LogP contribution in [-0.4, -0.2) is 23.4 Å². The van der Waals surface area contributed by atoms with Crippen LogP contribution in [0.2, 0.25) is 5.02 Å². The van der Waals surface area contributed by atoms with Crippen molar-refractivity contribution in [2.75, 3.05) is 6.61 Å². The molecular weight excluding hydrogens is 302 g/mol. The van der Waals surface area contributed by atoms with Crippen molar-refractivity contribution in [1.29, 1.82) is 0 Å². The maximum atomic E-state index is 12.0. The zero-order valence-corrected chi connectivity index (χ0v) is 14.3. The summed E-state index contributed by atoms with van der Waals surface area (Å²) in [6.07, 6.45) is 3.00. The van der Waals surface area contributed by atoms with Crippen molar-refractivity contribution in [3.63, 3.8) is 0 Å². The van der Waals surface area contributed by atoms with E-state index in [9.17, 15) is 4.79 Å². The average molecular weight is 328 g/mol. The number of rotatable bonds is 7. The fraction of sp³-hybridized carbons (Fsp3) is 0.588. The summed E-state index contributed by atoms with van der Waals surface area (Å²) in [6, 6.07) is 7.33. The van der Waals surface area contributed by atoms with Crippen LogP contribution in [0.4, 0.5) is 4.79 Å². The molecule has 0 saturated carbocycles. The zero-order valence-electron chi connectivity index (χ0n) is 13.6. The highest BCUT2D eigenvalue weighted by atomic mass is 35.5. The molecular formula is C17H26ClNO3. The molecule has 0 fully saturated rings. The molecule has 0 aliphatic carbocycles. The van der Waals surface area contributed by atoms with Crippen LogP contribution in [0.3, 0.4) is 0 Å². The maximum absolute atomic E-state index is 12.0. The molecule has 1 atom stereocenters. The first-order chi connectivity index (χ1) is 10.3. The minimum absolute atomic E-state index is 0.120. The van der Waals surface area contributed by atoms with E-state index in [-0.39, 0.29) is 12.6 Å². The third-order valence-corrected chi connectivity index (χ3v) is 3.37. The summed E-state index contributed by atoms with van der Waals surface area (Å²) >= 11 is 5.91. The largest absolute Gasteiger partial charge is 0.444 e. The third-order valence-electron chi connectivity index (χ3n) is 3.11. The van der Waals surface area contributed by atoms with Crippen LogP contribution in [0.1, 0.15) is 58.1 Å². The van der Waals surface area contributed by atoms with Crippen molar-refractivity contribution in [2.24, 2.45) is 0 Å². The molecule has 124 valence electrons. The fourth-order valence-corrected chi connectivity index (χ4v) is 2.23. The molecule has 1 rings (SSSR count). The minimum atomic E-state index is -0.522. The highest BCUT2D eigenvalue weighted by Crippen LogP contribution is 2.22. The number of amides is 1. The van der Waals surface area contributed by atoms with Gasteiger partial charge in [-0.25, -0.2) is 4.79 Å². The van der Waals surface area contributed by atoms with Crippen molar-refractivity contribution in [2.45, 2.75) is 58.1 Å². The van der Waals surface area contributed by atoms with Gasteiger partial charge in [0, 0.05) is 11.6 Å². The Hall–Kier alpha value is -1.26. The van der Waals surface area contributed by atoms with Crippen LogP contribution < -0.4 is 5.32 Å². The molecule has 1 aromatic rings. The Kier molecular flexibility index (Phi) is 7.69. The van der Waals surface area contributed by atoms with E-state index in [4.69, 9.17) is 21.4 Å². The third kappa shape index (κ3) is 7.66. The summed E-state index contributed by atoms with van der Waals surface area (Å²) < 4.78 is 5.32. The molecule has 0 spiro atoms. The second-order valence-electron chi connectivity index (χ2n) is 6.32. The van der Waals surface area contributed by atoms with E-state index in [1.165, 1.54) is 0 Å². The van der Waals surface area contributed by atoms with E-state index >= 15 is 0 Å². The van der Waals surface area contributed by atoms with E-state index in [0.717, 1.165) is 31.2 Å². The summed E-state index contributed by atoms with van der Waals surface area (Å²) in [5.41, 5.74) is 0.477. The van der Waals surface area contributed by atoms with E-state index in [1.807, 2.05) is 45.0 Å². The van der Waals surface area contributed by atoms with Crippen LogP contribution in [0.5, 0.6) is 0 Å². The number of benzene rings is 1. The van der Waals surface area contributed by atoms with Gasteiger partial charge in [-0.1, -0.05) is 36.6 Å². The molecule has 0 aliphatic heterocycles. The summed E-state index contributed by atoms with van der Waals surface area (Å²) in [4.78, 5) is 12.0. The Morgan fingerprint density at radius 3 is 2.41 bits per heavy atom. The number of hydrogen-bond acceptors (Lipinski definition) is 3. The van der Waals surface area contributed by atoms with Gasteiger partial charge < -0.3 is 15.2 Å². The highest BCUT2D eigenvalue weighted by Gasteiger charge is 2.20. The lowest BCUT2D eigenvalue weighted by molar-refractivity contribution is 0.0500. The molecule has 0 aliphatic rings. The number of carbonyl (C=O) groups excluding carboxylic acids is 1. The predicted octanol–water partition coefficient (Wildman–Crippen LogP) is 4.46. The van der Waals surface area contributed by atoms with Gasteiger partial charge in [0.2, 0.25) is 0 Å². The number of unbranched alkanes of at least 4 members (excludes halogenated alkanes) is 2. The molecule has 4 nitrogen and oxygen atoms in total. The summed E-state index contributed by atoms with van der Waals surface area (Å²) in [5.74, 6) is 0. The first kappa shape index (κ1) is 18.8. The van der Waals surface area contributed by atoms with Crippen molar-refractivity contribution in [3.05, 3.63) is 34.9 Å². The topological polar surface area (TPSA) is 58.6 Å². The number of ether oxygens (including phenoxy) is 1. The summed E-state index contributed by atoms with van der Waals surface area (Å²) in [6.45, 7) is 5.71. The van der Waals surface area contributed by atoms with Gasteiger partial charge >= 0.3 is 6.09 Å². The molecule has 0 radical (unpaired) electrons. The number of aliphatic hydroxyl groups excluding tert-OH is 1. The van der Waals surface area contributed by atoms with Crippen molar-refractivity contribution in [3.8, 4) is 0 Å². The highest BCUT2D eigenvalue weighted by molar-refractivity contribution is 6.30. The lowest BCUT2D eigenvalue weighted by Gasteiger charge is -2.24. The van der Waals surface area contributed by atoms with Gasteiger partial charge in [0.15, 0.2) is 0 Å². The minimum Gasteiger partial charge on any atom is -0.444 e. The number of halogens is 1. The molecule has 0 bridgehead atoms. The predicted molar refractivity (Wildman–Crippen MR) is 89.1 cm³/mol. The number of hydrogen-bond donors (Lipinski definition) is 2. The van der Waals surface area contributed by atoms with Crippen LogP contribution in [0, 0.1) is 0 Å². The Balaban J connectivity index is 2.69. The molecule has 0 aromatic heterocycles. The van der Waals surface area contributed by atoms with E-state index in [0.29, 0.717) is 5.02 Å². The van der Waals surface area contributed by atoms with Crippen LogP contribution >= 0.6 is 11.6 Å². The lowest BCUT2D eigenvalue weighted by atomic mass is 10.0. The van der Waals surface area contributed by atoms with E-state index in [2.05, 4.69) is 5.32 Å². The maximum Gasteiger partial charge on any atom is 0.408 e. The second-order valence-corrected chi connectivity index (χ2v) is 6.76. The van der Waals surface area contributed by atoms with Gasteiger partial charge in [-0.15, -0.1) is 0 Å². The Morgan fingerprint density at radius 2 is 1.86 bits per heavy atom. The Labute approximate surface area is 137 Å². The van der Waals surface area contributed by atoms with E-state index < -0.39 is 11.7 Å². The monoisotopic (exact) mass is 327 g/mol. The van der Waals surface area contributed by atoms with E-state index in [1.54, 1.807) is 0 Å². The van der Waals surface area contributed by atoms with Crippen LogP contribution in [0.15, 0.2) is 24.3 Å². The first-order valence-electron chi connectivity index (χ1n) is 7.67. The smallest absolute Gasteiger partial charge is 0.408 e. The standard InChI is InChI=1S/C17H26ClNO3/c1-17(2,3)22-16(21)19-15(7-5-4-6-12-20)13-8-10-14(18)11-9-13/h8-11,15,20H,4-7,12H2,1-3H3,(H,19,21)/t15-/m0/s1. The van der Waals surface area contributed by atoms with Crippen molar-refractivity contribution < 1.29 is 14.6 Å². The van der Waals surface area contributed by atoms with Crippen LogP contribution in [0.25, 0.3) is 0 Å². The SMILES string of the molecule is CC(C)(C)OC(=O)N[C@@H](CCCCCO)c1ccc(Cl)cc1. The number of nitrogens with one attached hydrogen (secondary N) is 1. The average Bonchev–Trinajstić information content (AvgIpc) is 2.41. The molecule has 1 amide bonds. The number of aliphatic hydroxyl groups is 1. The van der Waals surface area contributed by atoms with Gasteiger partial charge in [-0.3, -0.25) is 0 Å². The normalized spacial score (nSPS) is 12.8. The zero-order chi connectivity index (χ0) is 16.6. The van der Waals surface area contributed by atoms with Gasteiger partial charge in [0.25, 0.3) is 0 Å². The fourth-order valence-electron chi connectivity index (χ4n) is 2.10. The van der Waals surface area contributed by atoms with Gasteiger partial charge in [-0.05, 0) is 51.3 Å². The molecule has 1 aromatic carbocycles. The summed E-state index contributed by atoms with van der Waals surface area (Å²) in [7, 11) is 0. The molecule has 2 N–H and O–H groups in total. The van der Waals surface area contributed by atoms with Gasteiger partial charge in [-0.2, -0.15) is 0 Å². The van der Waals surface area contributed by atoms with Gasteiger partial charge in [0.1, 0.15) is 5.60 Å². The molecule has 0 saturated heterocycles. The molecule has 5 heteroatoms. The van der Waals surface area contributed by atoms with Gasteiger partial charge in [0.05, 0.1) is 6.04 Å². The summed E-state index contributed by atoms with van der Waals surface area (Å²) in [5, 5.41) is 12.4. The second kappa shape index (κ2) is 9.01.